The number of anilines is 1. The van der Waals surface area contributed by atoms with E-state index in [2.05, 4.69) is 15.3 Å². The zero-order valence-electron chi connectivity index (χ0n) is 9.66. The second-order valence-electron chi connectivity index (χ2n) is 4.09. The lowest BCUT2D eigenvalue weighted by atomic mass is 10.1. The van der Waals surface area contributed by atoms with Crippen molar-refractivity contribution in [3.63, 3.8) is 0 Å². The molecular weight excluding hydrogens is 192 g/mol. The van der Waals surface area contributed by atoms with Crippen LogP contribution < -0.4 is 15.8 Å². The predicted octanol–water partition coefficient (Wildman–Crippen LogP) is 0.943. The van der Waals surface area contributed by atoms with Crippen LogP contribution in [0.5, 0.6) is 5.88 Å². The molecular formula is C10H18N4O. The van der Waals surface area contributed by atoms with Crippen molar-refractivity contribution in [1.29, 1.82) is 0 Å². The monoisotopic (exact) mass is 210 g/mol. The van der Waals surface area contributed by atoms with Crippen molar-refractivity contribution in [2.24, 2.45) is 5.73 Å². The number of hydrogen-bond acceptors (Lipinski definition) is 5. The fourth-order valence-corrected chi connectivity index (χ4v) is 1.05. The van der Waals surface area contributed by atoms with E-state index in [0.29, 0.717) is 18.4 Å². The van der Waals surface area contributed by atoms with Crippen molar-refractivity contribution in [1.82, 2.24) is 9.97 Å². The molecule has 0 aromatic carbocycles. The summed E-state index contributed by atoms with van der Waals surface area (Å²) in [5, 5.41) is 3.16. The van der Waals surface area contributed by atoms with Crippen molar-refractivity contribution >= 4 is 5.95 Å². The fraction of sp³-hybridized carbons (Fsp3) is 0.600. The van der Waals surface area contributed by atoms with Crippen LogP contribution in [0.25, 0.3) is 0 Å². The van der Waals surface area contributed by atoms with E-state index < -0.39 is 0 Å². The van der Waals surface area contributed by atoms with Gasteiger partial charge in [-0.05, 0) is 20.8 Å². The number of aromatic nitrogens is 2. The molecule has 0 saturated heterocycles. The number of rotatable bonds is 4. The van der Waals surface area contributed by atoms with Crippen LogP contribution in [-0.4, -0.2) is 29.2 Å². The van der Waals surface area contributed by atoms with Crippen LogP contribution in [0, 0.1) is 6.92 Å². The van der Waals surface area contributed by atoms with Gasteiger partial charge in [0, 0.05) is 23.8 Å². The van der Waals surface area contributed by atoms with E-state index in [1.54, 1.807) is 13.2 Å². The largest absolute Gasteiger partial charge is 0.481 e. The van der Waals surface area contributed by atoms with Gasteiger partial charge in [0.1, 0.15) is 0 Å². The van der Waals surface area contributed by atoms with Crippen molar-refractivity contribution in [3.8, 4) is 5.88 Å². The lowest BCUT2D eigenvalue weighted by Gasteiger charge is -2.24. The molecule has 0 unspecified atom stereocenters. The van der Waals surface area contributed by atoms with Gasteiger partial charge in [-0.2, -0.15) is 4.98 Å². The topological polar surface area (TPSA) is 73.1 Å². The number of methoxy groups -OCH3 is 1. The molecule has 5 heteroatoms. The van der Waals surface area contributed by atoms with Crippen LogP contribution >= 0.6 is 0 Å². The number of nitrogens with two attached hydrogens (primary N) is 1. The molecule has 0 radical (unpaired) electrons. The highest BCUT2D eigenvalue weighted by Crippen LogP contribution is 2.14. The molecule has 1 rings (SSSR count). The van der Waals surface area contributed by atoms with Gasteiger partial charge in [-0.1, -0.05) is 0 Å². The minimum Gasteiger partial charge on any atom is -0.481 e. The number of nitrogens with zero attached hydrogens (tertiary/aromatic N) is 2. The Morgan fingerprint density at radius 3 is 2.67 bits per heavy atom. The number of ether oxygens (including phenoxy) is 1. The zero-order valence-corrected chi connectivity index (χ0v) is 9.66. The highest BCUT2D eigenvalue weighted by Gasteiger charge is 2.16. The molecule has 0 aliphatic carbocycles. The summed E-state index contributed by atoms with van der Waals surface area (Å²) in [6.45, 7) is 6.38. The molecule has 0 spiro atoms. The molecule has 3 N–H and O–H groups in total. The lowest BCUT2D eigenvalue weighted by molar-refractivity contribution is 0.396. The second kappa shape index (κ2) is 4.44. The molecule has 0 amide bonds. The fourth-order valence-electron chi connectivity index (χ4n) is 1.05. The summed E-state index contributed by atoms with van der Waals surface area (Å²) in [7, 11) is 1.58. The van der Waals surface area contributed by atoms with E-state index in [1.807, 2.05) is 20.8 Å². The Morgan fingerprint density at radius 1 is 1.47 bits per heavy atom. The maximum Gasteiger partial charge on any atom is 0.226 e. The van der Waals surface area contributed by atoms with Gasteiger partial charge in [0.25, 0.3) is 0 Å². The Bertz CT molecular complexity index is 338. The van der Waals surface area contributed by atoms with E-state index >= 15 is 0 Å². The zero-order chi connectivity index (χ0) is 11.5. The highest BCUT2D eigenvalue weighted by molar-refractivity contribution is 5.33. The highest BCUT2D eigenvalue weighted by atomic mass is 16.5. The molecule has 0 fully saturated rings. The average Bonchev–Trinajstić information content (AvgIpc) is 2.16. The number of nitrogens with one attached hydrogen (secondary N) is 1. The van der Waals surface area contributed by atoms with E-state index in [9.17, 15) is 0 Å². The summed E-state index contributed by atoms with van der Waals surface area (Å²) >= 11 is 0. The normalized spacial score (nSPS) is 11.3. The summed E-state index contributed by atoms with van der Waals surface area (Å²) in [4.78, 5) is 8.44. The Hall–Kier alpha value is -1.36. The van der Waals surface area contributed by atoms with Gasteiger partial charge in [0.2, 0.25) is 11.8 Å². The van der Waals surface area contributed by atoms with Crippen LogP contribution in [-0.2, 0) is 0 Å². The first kappa shape index (κ1) is 11.7. The molecule has 0 atom stereocenters. The first-order chi connectivity index (χ1) is 6.96. The van der Waals surface area contributed by atoms with Gasteiger partial charge in [0.15, 0.2) is 0 Å². The second-order valence-corrected chi connectivity index (χ2v) is 4.09. The summed E-state index contributed by atoms with van der Waals surface area (Å²) in [6.07, 6.45) is 0. The van der Waals surface area contributed by atoms with Crippen LogP contribution in [0.2, 0.25) is 0 Å². The van der Waals surface area contributed by atoms with E-state index in [1.165, 1.54) is 0 Å². The Morgan fingerprint density at radius 2 is 2.13 bits per heavy atom. The van der Waals surface area contributed by atoms with Crippen molar-refractivity contribution in [2.75, 3.05) is 19.0 Å². The lowest BCUT2D eigenvalue weighted by Crippen LogP contribution is -2.39. The van der Waals surface area contributed by atoms with Gasteiger partial charge >= 0.3 is 0 Å². The molecule has 0 aliphatic heterocycles. The van der Waals surface area contributed by atoms with Gasteiger partial charge < -0.3 is 15.8 Å². The molecule has 1 aromatic rings. The Balaban J connectivity index is 2.90. The standard InChI is InChI=1S/C10H18N4O/c1-7-5-8(15-4)13-9(12-7)14-10(2,3)6-11/h5H,6,11H2,1-4H3,(H,12,13,14). The van der Waals surface area contributed by atoms with Gasteiger partial charge in [-0.25, -0.2) is 4.98 Å². The molecule has 1 heterocycles. The SMILES string of the molecule is COc1cc(C)nc(NC(C)(C)CN)n1. The van der Waals surface area contributed by atoms with Crippen LogP contribution in [0.3, 0.4) is 0 Å². The maximum absolute atomic E-state index is 5.61. The summed E-state index contributed by atoms with van der Waals surface area (Å²) < 4.78 is 5.06. The first-order valence-electron chi connectivity index (χ1n) is 4.85. The van der Waals surface area contributed by atoms with E-state index in [-0.39, 0.29) is 5.54 Å². The predicted molar refractivity (Wildman–Crippen MR) is 60.1 cm³/mol. The van der Waals surface area contributed by atoms with Gasteiger partial charge in [0.05, 0.1) is 7.11 Å². The molecule has 15 heavy (non-hydrogen) atoms. The van der Waals surface area contributed by atoms with Crippen LogP contribution in [0.15, 0.2) is 6.07 Å². The van der Waals surface area contributed by atoms with Crippen molar-refractivity contribution < 1.29 is 4.74 Å². The third kappa shape index (κ3) is 3.36. The van der Waals surface area contributed by atoms with Gasteiger partial charge in [-0.15, -0.1) is 0 Å². The third-order valence-electron chi connectivity index (χ3n) is 2.00. The summed E-state index contributed by atoms with van der Waals surface area (Å²) in [5.41, 5.74) is 6.25. The average molecular weight is 210 g/mol. The third-order valence-corrected chi connectivity index (χ3v) is 2.00. The Kier molecular flexibility index (Phi) is 3.47. The number of aryl methyl sites for hydroxylation is 1. The molecule has 5 nitrogen and oxygen atoms in total. The van der Waals surface area contributed by atoms with Crippen LogP contribution in [0.1, 0.15) is 19.5 Å². The Labute approximate surface area is 90.1 Å². The minimum absolute atomic E-state index is 0.223. The molecule has 84 valence electrons. The first-order valence-corrected chi connectivity index (χ1v) is 4.85. The molecule has 0 bridgehead atoms. The van der Waals surface area contributed by atoms with Gasteiger partial charge in [-0.3, -0.25) is 0 Å². The quantitative estimate of drug-likeness (QED) is 0.773. The van der Waals surface area contributed by atoms with E-state index in [0.717, 1.165) is 5.69 Å². The minimum atomic E-state index is -0.223. The number of hydrogen-bond donors (Lipinski definition) is 2. The molecule has 1 aromatic heterocycles. The van der Waals surface area contributed by atoms with Crippen LogP contribution in [0.4, 0.5) is 5.95 Å². The molecule has 0 saturated carbocycles. The van der Waals surface area contributed by atoms with Crippen molar-refractivity contribution in [2.45, 2.75) is 26.3 Å². The summed E-state index contributed by atoms with van der Waals surface area (Å²) in [5.74, 6) is 1.10. The molecule has 0 aliphatic rings. The van der Waals surface area contributed by atoms with E-state index in [4.69, 9.17) is 10.5 Å². The van der Waals surface area contributed by atoms with Crippen molar-refractivity contribution in [3.05, 3.63) is 11.8 Å². The smallest absolute Gasteiger partial charge is 0.226 e. The maximum atomic E-state index is 5.61. The summed E-state index contributed by atoms with van der Waals surface area (Å²) in [6, 6.07) is 1.78.